The Bertz CT molecular complexity index is 1150. The van der Waals surface area contributed by atoms with Crippen LogP contribution in [0.2, 0.25) is 0 Å². The van der Waals surface area contributed by atoms with Gasteiger partial charge in [0, 0.05) is 5.56 Å². The summed E-state index contributed by atoms with van der Waals surface area (Å²) in [6, 6.07) is 23.0. The number of hydrogen-bond acceptors (Lipinski definition) is 4. The number of benzene rings is 3. The summed E-state index contributed by atoms with van der Waals surface area (Å²) >= 11 is 0. The van der Waals surface area contributed by atoms with Crippen molar-refractivity contribution in [2.75, 3.05) is 18.6 Å². The number of carbonyl (C=O) groups is 1. The van der Waals surface area contributed by atoms with Gasteiger partial charge in [-0.15, -0.1) is 0 Å². The van der Waals surface area contributed by atoms with Gasteiger partial charge in [0.2, 0.25) is 0 Å². The molecular weight excluding hydrogens is 388 g/mol. The van der Waals surface area contributed by atoms with E-state index in [0.717, 1.165) is 33.9 Å². The lowest BCUT2D eigenvalue weighted by molar-refractivity contribution is -0.113. The van der Waals surface area contributed by atoms with Crippen molar-refractivity contribution in [2.24, 2.45) is 4.99 Å². The van der Waals surface area contributed by atoms with Crippen LogP contribution in [-0.2, 0) is 4.79 Å². The van der Waals surface area contributed by atoms with Gasteiger partial charge in [0.05, 0.1) is 19.4 Å². The summed E-state index contributed by atoms with van der Waals surface area (Å²) in [5.41, 5.74) is 3.98. The molecule has 1 aliphatic rings. The van der Waals surface area contributed by atoms with E-state index in [-0.39, 0.29) is 5.91 Å². The zero-order valence-corrected chi connectivity index (χ0v) is 17.8. The molecule has 5 heteroatoms. The fraction of sp³-hybridized carbons (Fsp3) is 0.154. The molecule has 0 aromatic heterocycles. The molecule has 0 bridgehead atoms. The fourth-order valence-corrected chi connectivity index (χ4v) is 3.40. The van der Waals surface area contributed by atoms with Crippen molar-refractivity contribution in [1.82, 2.24) is 0 Å². The average Bonchev–Trinajstić information content (AvgIpc) is 3.11. The van der Waals surface area contributed by atoms with E-state index in [0.29, 0.717) is 18.1 Å². The lowest BCUT2D eigenvalue weighted by Gasteiger charge is -2.19. The van der Waals surface area contributed by atoms with Gasteiger partial charge in [-0.3, -0.25) is 9.69 Å². The van der Waals surface area contributed by atoms with Crippen LogP contribution in [0, 0.1) is 6.92 Å². The smallest absolute Gasteiger partial charge is 0.282 e. The molecule has 0 fully saturated rings. The summed E-state index contributed by atoms with van der Waals surface area (Å²) in [4.78, 5) is 19.8. The topological polar surface area (TPSA) is 51.1 Å². The Morgan fingerprint density at radius 3 is 2.39 bits per heavy atom. The zero-order valence-electron chi connectivity index (χ0n) is 17.8. The molecule has 156 valence electrons. The van der Waals surface area contributed by atoms with Crippen molar-refractivity contribution in [3.8, 4) is 11.5 Å². The predicted molar refractivity (Wildman–Crippen MR) is 124 cm³/mol. The molecule has 0 atom stereocenters. The largest absolute Gasteiger partial charge is 0.497 e. The molecular formula is C26H24N2O3. The fourth-order valence-electron chi connectivity index (χ4n) is 3.40. The van der Waals surface area contributed by atoms with E-state index in [2.05, 4.69) is 0 Å². The molecule has 5 nitrogen and oxygen atoms in total. The average molecular weight is 412 g/mol. The van der Waals surface area contributed by atoms with Gasteiger partial charge in [-0.1, -0.05) is 42.0 Å². The van der Waals surface area contributed by atoms with Crippen LogP contribution < -0.4 is 14.4 Å². The molecule has 0 saturated carbocycles. The molecule has 0 spiro atoms. The number of nitrogens with zero attached hydrogens (tertiary/aromatic N) is 2. The summed E-state index contributed by atoms with van der Waals surface area (Å²) in [7, 11) is 1.62. The minimum absolute atomic E-state index is 0.178. The quantitative estimate of drug-likeness (QED) is 0.521. The molecule has 4 rings (SSSR count). The Balaban J connectivity index is 1.77. The van der Waals surface area contributed by atoms with Gasteiger partial charge in [-0.05, 0) is 61.9 Å². The highest BCUT2D eigenvalue weighted by molar-refractivity contribution is 6.33. The van der Waals surface area contributed by atoms with Crippen LogP contribution in [0.1, 0.15) is 23.6 Å². The monoisotopic (exact) mass is 412 g/mol. The summed E-state index contributed by atoms with van der Waals surface area (Å²) in [6.07, 6.45) is 1.79. The first kappa shape index (κ1) is 20.4. The molecule has 31 heavy (non-hydrogen) atoms. The van der Waals surface area contributed by atoms with E-state index in [1.54, 1.807) is 18.1 Å². The summed E-state index contributed by atoms with van der Waals surface area (Å²) in [5.74, 6) is 1.91. The zero-order chi connectivity index (χ0) is 21.8. The van der Waals surface area contributed by atoms with E-state index in [9.17, 15) is 4.79 Å². The Hall–Kier alpha value is -3.86. The van der Waals surface area contributed by atoms with Crippen molar-refractivity contribution in [1.29, 1.82) is 0 Å². The number of anilines is 1. The first-order chi connectivity index (χ1) is 15.1. The third kappa shape index (κ3) is 4.36. The second kappa shape index (κ2) is 8.88. The number of amides is 1. The first-order valence-corrected chi connectivity index (χ1v) is 10.2. The van der Waals surface area contributed by atoms with Gasteiger partial charge < -0.3 is 9.47 Å². The van der Waals surface area contributed by atoms with Crippen LogP contribution in [0.4, 0.5) is 5.69 Å². The summed E-state index contributed by atoms with van der Waals surface area (Å²) in [6.45, 7) is 4.56. The van der Waals surface area contributed by atoms with Crippen LogP contribution in [0.15, 0.2) is 83.5 Å². The number of hydrogen-bond donors (Lipinski definition) is 0. The molecule has 3 aromatic rings. The lowest BCUT2D eigenvalue weighted by atomic mass is 10.1. The van der Waals surface area contributed by atoms with Crippen molar-refractivity contribution < 1.29 is 14.3 Å². The second-order valence-electron chi connectivity index (χ2n) is 7.18. The number of aryl methyl sites for hydroxylation is 1. The molecule has 1 amide bonds. The Kier molecular flexibility index (Phi) is 5.85. The Morgan fingerprint density at radius 2 is 1.71 bits per heavy atom. The maximum Gasteiger partial charge on any atom is 0.282 e. The van der Waals surface area contributed by atoms with E-state index in [1.165, 1.54) is 0 Å². The van der Waals surface area contributed by atoms with E-state index in [1.807, 2.05) is 86.6 Å². The van der Waals surface area contributed by atoms with Crippen LogP contribution in [0.3, 0.4) is 0 Å². The third-order valence-electron chi connectivity index (χ3n) is 4.97. The van der Waals surface area contributed by atoms with Crippen molar-refractivity contribution >= 4 is 23.5 Å². The van der Waals surface area contributed by atoms with Gasteiger partial charge in [0.25, 0.3) is 5.91 Å². The van der Waals surface area contributed by atoms with E-state index < -0.39 is 0 Å². The first-order valence-electron chi connectivity index (χ1n) is 10.2. The second-order valence-corrected chi connectivity index (χ2v) is 7.18. The van der Waals surface area contributed by atoms with E-state index in [4.69, 9.17) is 14.5 Å². The van der Waals surface area contributed by atoms with Crippen LogP contribution in [-0.4, -0.2) is 25.5 Å². The van der Waals surface area contributed by atoms with E-state index >= 15 is 0 Å². The highest BCUT2D eigenvalue weighted by Crippen LogP contribution is 2.29. The standard InChI is InChI=1S/C26H24N2O3/c1-4-31-22-14-12-21(13-15-22)28-25(20-10-8-18(2)9-11-20)27-24(26(28)29)17-19-6-5-7-23(16-19)30-3/h5-17H,4H2,1-3H3/b24-17+. The van der Waals surface area contributed by atoms with Crippen LogP contribution in [0.5, 0.6) is 11.5 Å². The molecule has 0 aliphatic carbocycles. The molecule has 3 aromatic carbocycles. The van der Waals surface area contributed by atoms with Gasteiger partial charge in [0.1, 0.15) is 23.0 Å². The number of amidine groups is 1. The number of ether oxygens (including phenoxy) is 2. The van der Waals surface area contributed by atoms with Crippen LogP contribution >= 0.6 is 0 Å². The highest BCUT2D eigenvalue weighted by Gasteiger charge is 2.32. The number of rotatable bonds is 6. The summed E-state index contributed by atoms with van der Waals surface area (Å²) < 4.78 is 10.8. The predicted octanol–water partition coefficient (Wildman–Crippen LogP) is 5.24. The molecule has 0 N–H and O–H groups in total. The maximum atomic E-state index is 13.4. The Labute approximate surface area is 182 Å². The van der Waals surface area contributed by atoms with Gasteiger partial charge in [-0.25, -0.2) is 4.99 Å². The molecule has 1 heterocycles. The molecule has 1 aliphatic heterocycles. The SMILES string of the molecule is CCOc1ccc(N2C(=O)/C(=C\c3cccc(OC)c3)N=C2c2ccc(C)cc2)cc1. The van der Waals surface area contributed by atoms with Crippen molar-refractivity contribution in [3.05, 3.63) is 95.2 Å². The summed E-state index contributed by atoms with van der Waals surface area (Å²) in [5, 5.41) is 0. The van der Waals surface area contributed by atoms with Crippen molar-refractivity contribution in [3.63, 3.8) is 0 Å². The number of aliphatic imine (C=N–C) groups is 1. The minimum atomic E-state index is -0.178. The van der Waals surface area contributed by atoms with Gasteiger partial charge in [-0.2, -0.15) is 0 Å². The molecule has 0 unspecified atom stereocenters. The highest BCUT2D eigenvalue weighted by atomic mass is 16.5. The molecule has 0 radical (unpaired) electrons. The maximum absolute atomic E-state index is 13.4. The number of carbonyl (C=O) groups excluding carboxylic acids is 1. The normalized spacial score (nSPS) is 14.7. The molecule has 0 saturated heterocycles. The van der Waals surface area contributed by atoms with Crippen LogP contribution in [0.25, 0.3) is 6.08 Å². The number of methoxy groups -OCH3 is 1. The minimum Gasteiger partial charge on any atom is -0.497 e. The van der Waals surface area contributed by atoms with Gasteiger partial charge >= 0.3 is 0 Å². The van der Waals surface area contributed by atoms with Gasteiger partial charge in [0.15, 0.2) is 0 Å². The third-order valence-corrected chi connectivity index (χ3v) is 4.97. The lowest BCUT2D eigenvalue weighted by Crippen LogP contribution is -2.32. The Morgan fingerprint density at radius 1 is 0.968 bits per heavy atom. The van der Waals surface area contributed by atoms with Crippen molar-refractivity contribution in [2.45, 2.75) is 13.8 Å².